The van der Waals surface area contributed by atoms with Gasteiger partial charge >= 0.3 is 5.97 Å². The molecule has 0 bridgehead atoms. The van der Waals surface area contributed by atoms with Crippen molar-refractivity contribution in [3.05, 3.63) is 36.1 Å². The van der Waals surface area contributed by atoms with Gasteiger partial charge in [0, 0.05) is 12.3 Å². The van der Waals surface area contributed by atoms with Gasteiger partial charge in [-0.1, -0.05) is 24.3 Å². The third kappa shape index (κ3) is 3.92. The first-order valence-electron chi connectivity index (χ1n) is 7.00. The minimum Gasteiger partial charge on any atom is -0.458 e. The fourth-order valence-electron chi connectivity index (χ4n) is 2.45. The van der Waals surface area contributed by atoms with Gasteiger partial charge in [0.05, 0.1) is 6.04 Å². The zero-order chi connectivity index (χ0) is 15.5. The Labute approximate surface area is 124 Å². The third-order valence-corrected chi connectivity index (χ3v) is 3.34. The number of isocyanates is 1. The quantitative estimate of drug-likeness (QED) is 0.488. The van der Waals surface area contributed by atoms with Crippen molar-refractivity contribution >= 4 is 12.0 Å². The van der Waals surface area contributed by atoms with E-state index < -0.39 is 17.6 Å². The number of nitrogens with zero attached hydrogens (tertiary/aromatic N) is 1. The largest absolute Gasteiger partial charge is 0.458 e. The molecule has 0 aromatic heterocycles. The summed E-state index contributed by atoms with van der Waals surface area (Å²) in [5.74, 6) is -0.299. The molecule has 1 heterocycles. The first-order valence-corrected chi connectivity index (χ1v) is 7.00. The molecule has 1 aliphatic carbocycles. The van der Waals surface area contributed by atoms with Crippen LogP contribution in [0, 0.1) is 5.92 Å². The van der Waals surface area contributed by atoms with E-state index in [1.165, 1.54) is 6.08 Å². The first kappa shape index (κ1) is 15.3. The Morgan fingerprint density at radius 3 is 2.81 bits per heavy atom. The van der Waals surface area contributed by atoms with E-state index in [1.807, 2.05) is 18.4 Å². The molecule has 1 N–H and O–H groups in total. The lowest BCUT2D eigenvalue weighted by molar-refractivity contribution is -0.156. The van der Waals surface area contributed by atoms with Crippen LogP contribution in [0.3, 0.4) is 0 Å². The minimum absolute atomic E-state index is 0.196. The maximum absolute atomic E-state index is 12.1. The van der Waals surface area contributed by atoms with Crippen molar-refractivity contribution in [3.8, 4) is 0 Å². The van der Waals surface area contributed by atoms with Gasteiger partial charge in [-0.2, -0.15) is 4.99 Å². The van der Waals surface area contributed by atoms with Crippen LogP contribution in [0.4, 0.5) is 0 Å². The highest BCUT2D eigenvalue weighted by Gasteiger charge is 2.32. The standard InChI is InChI=1S/C16H20N2O3/c1-16(2,3)21-15(20)14(18-10-19)8-11-9-17-13-7-5-4-6-12(11)13/h4-7,9,12-14,17H,8H2,1-3H3. The predicted molar refractivity (Wildman–Crippen MR) is 79.1 cm³/mol. The Kier molecular flexibility index (Phi) is 4.43. The van der Waals surface area contributed by atoms with Gasteiger partial charge in [0.2, 0.25) is 6.08 Å². The van der Waals surface area contributed by atoms with Crippen molar-refractivity contribution in [3.63, 3.8) is 0 Å². The Morgan fingerprint density at radius 1 is 1.43 bits per heavy atom. The van der Waals surface area contributed by atoms with Gasteiger partial charge in [0.1, 0.15) is 5.60 Å². The number of hydrogen-bond donors (Lipinski definition) is 1. The van der Waals surface area contributed by atoms with Gasteiger partial charge in [-0.3, -0.25) is 0 Å². The Hall–Kier alpha value is -2.13. The Balaban J connectivity index is 2.07. The lowest BCUT2D eigenvalue weighted by Crippen LogP contribution is -2.32. The fourth-order valence-corrected chi connectivity index (χ4v) is 2.45. The average molecular weight is 288 g/mol. The molecule has 3 unspecified atom stereocenters. The molecule has 5 nitrogen and oxygen atoms in total. The van der Waals surface area contributed by atoms with Gasteiger partial charge < -0.3 is 10.1 Å². The molecule has 0 amide bonds. The number of esters is 1. The van der Waals surface area contributed by atoms with Gasteiger partial charge in [-0.05, 0) is 32.5 Å². The second-order valence-electron chi connectivity index (χ2n) is 6.18. The molecule has 0 saturated heterocycles. The van der Waals surface area contributed by atoms with Crippen molar-refractivity contribution in [1.82, 2.24) is 5.32 Å². The molecular formula is C16H20N2O3. The molecule has 21 heavy (non-hydrogen) atoms. The van der Waals surface area contributed by atoms with E-state index in [-0.39, 0.29) is 12.0 Å². The number of ether oxygens (including phenoxy) is 1. The van der Waals surface area contributed by atoms with Gasteiger partial charge in [0.15, 0.2) is 6.04 Å². The summed E-state index contributed by atoms with van der Waals surface area (Å²) >= 11 is 0. The summed E-state index contributed by atoms with van der Waals surface area (Å²) in [6.07, 6.45) is 11.8. The molecule has 0 fully saturated rings. The molecular weight excluding hydrogens is 268 g/mol. The van der Waals surface area contributed by atoms with Crippen LogP contribution in [0.5, 0.6) is 0 Å². The molecule has 112 valence electrons. The highest BCUT2D eigenvalue weighted by atomic mass is 16.6. The average Bonchev–Trinajstić information content (AvgIpc) is 2.80. The molecule has 3 atom stereocenters. The first-order chi connectivity index (χ1) is 9.90. The van der Waals surface area contributed by atoms with Crippen LogP contribution in [0.2, 0.25) is 0 Å². The van der Waals surface area contributed by atoms with Crippen molar-refractivity contribution in [2.75, 3.05) is 0 Å². The normalized spacial score (nSPS) is 24.4. The van der Waals surface area contributed by atoms with Crippen molar-refractivity contribution in [2.45, 2.75) is 44.9 Å². The highest BCUT2D eigenvalue weighted by molar-refractivity contribution is 5.77. The number of carbonyl (C=O) groups excluding carboxylic acids is 2. The molecule has 1 aliphatic heterocycles. The Bertz CT molecular complexity index is 548. The molecule has 5 heteroatoms. The number of carbonyl (C=O) groups is 1. The van der Waals surface area contributed by atoms with Crippen LogP contribution in [0.1, 0.15) is 27.2 Å². The molecule has 2 aliphatic rings. The number of rotatable bonds is 4. The SMILES string of the molecule is CC(C)(C)OC(=O)C(CC1=CNC2C=CC=CC12)N=C=O. The number of nitrogens with one attached hydrogen (secondary N) is 1. The summed E-state index contributed by atoms with van der Waals surface area (Å²) in [6.45, 7) is 5.36. The lowest BCUT2D eigenvalue weighted by atomic mass is 9.88. The van der Waals surface area contributed by atoms with E-state index in [0.717, 1.165) is 5.57 Å². The lowest BCUT2D eigenvalue weighted by Gasteiger charge is -2.23. The van der Waals surface area contributed by atoms with Crippen molar-refractivity contribution < 1.29 is 14.3 Å². The van der Waals surface area contributed by atoms with E-state index in [4.69, 9.17) is 4.74 Å². The van der Waals surface area contributed by atoms with Crippen LogP contribution >= 0.6 is 0 Å². The Morgan fingerprint density at radius 2 is 2.14 bits per heavy atom. The van der Waals surface area contributed by atoms with E-state index in [0.29, 0.717) is 6.42 Å². The molecule has 0 aromatic rings. The zero-order valence-corrected chi connectivity index (χ0v) is 12.5. The third-order valence-electron chi connectivity index (χ3n) is 3.34. The summed E-state index contributed by atoms with van der Waals surface area (Å²) in [7, 11) is 0. The highest BCUT2D eigenvalue weighted by Crippen LogP contribution is 2.30. The van der Waals surface area contributed by atoms with Crippen LogP contribution < -0.4 is 5.32 Å². The summed E-state index contributed by atoms with van der Waals surface area (Å²) in [6, 6.07) is -0.627. The molecule has 2 rings (SSSR count). The maximum atomic E-state index is 12.1. The number of allylic oxidation sites excluding steroid dienone is 2. The molecule has 0 saturated carbocycles. The summed E-state index contributed by atoms with van der Waals surface area (Å²) in [4.78, 5) is 26.3. The van der Waals surface area contributed by atoms with Gasteiger partial charge in [0.25, 0.3) is 0 Å². The molecule has 0 spiro atoms. The summed E-state index contributed by atoms with van der Waals surface area (Å²) in [5.41, 5.74) is 0.432. The maximum Gasteiger partial charge on any atom is 0.332 e. The summed E-state index contributed by atoms with van der Waals surface area (Å²) < 4.78 is 5.31. The van der Waals surface area contributed by atoms with Crippen LogP contribution in [-0.4, -0.2) is 29.7 Å². The van der Waals surface area contributed by atoms with E-state index in [1.54, 1.807) is 20.8 Å². The second-order valence-corrected chi connectivity index (χ2v) is 6.18. The van der Waals surface area contributed by atoms with Crippen LogP contribution in [0.15, 0.2) is 41.1 Å². The van der Waals surface area contributed by atoms with Crippen LogP contribution in [-0.2, 0) is 14.3 Å². The second kappa shape index (κ2) is 6.10. The summed E-state index contributed by atoms with van der Waals surface area (Å²) in [5, 5.41) is 3.25. The predicted octanol–water partition coefficient (Wildman–Crippen LogP) is 2.02. The van der Waals surface area contributed by atoms with E-state index >= 15 is 0 Å². The van der Waals surface area contributed by atoms with Crippen LogP contribution in [0.25, 0.3) is 0 Å². The van der Waals surface area contributed by atoms with E-state index in [2.05, 4.69) is 22.5 Å². The topological polar surface area (TPSA) is 67.8 Å². The number of aliphatic imine (C=N–C) groups is 1. The minimum atomic E-state index is -0.840. The van der Waals surface area contributed by atoms with Gasteiger partial charge in [-0.25, -0.2) is 9.59 Å². The van der Waals surface area contributed by atoms with Gasteiger partial charge in [-0.15, -0.1) is 0 Å². The molecule has 0 radical (unpaired) electrons. The number of hydrogen-bond acceptors (Lipinski definition) is 5. The fraction of sp³-hybridized carbons (Fsp3) is 0.500. The van der Waals surface area contributed by atoms with Crippen molar-refractivity contribution in [2.24, 2.45) is 10.9 Å². The monoisotopic (exact) mass is 288 g/mol. The number of fused-ring (bicyclic) bond motifs is 1. The smallest absolute Gasteiger partial charge is 0.332 e. The zero-order valence-electron chi connectivity index (χ0n) is 12.5. The van der Waals surface area contributed by atoms with Crippen molar-refractivity contribution in [1.29, 1.82) is 0 Å². The molecule has 0 aromatic carbocycles. The van der Waals surface area contributed by atoms with E-state index in [9.17, 15) is 9.59 Å².